The third-order valence-corrected chi connectivity index (χ3v) is 4.07. The van der Waals surface area contributed by atoms with E-state index in [0.29, 0.717) is 18.5 Å². The van der Waals surface area contributed by atoms with Crippen molar-refractivity contribution in [1.82, 2.24) is 4.90 Å². The zero-order valence-corrected chi connectivity index (χ0v) is 14.3. The lowest BCUT2D eigenvalue weighted by Crippen LogP contribution is -2.29. The van der Waals surface area contributed by atoms with Crippen molar-refractivity contribution in [1.29, 1.82) is 0 Å². The first kappa shape index (κ1) is 18.0. The average Bonchev–Trinajstić information content (AvgIpc) is 2.59. The molecule has 0 aliphatic rings. The third-order valence-electron chi connectivity index (χ3n) is 4.07. The van der Waals surface area contributed by atoms with Crippen molar-refractivity contribution in [2.45, 2.75) is 32.3 Å². The molecule has 0 fully saturated rings. The van der Waals surface area contributed by atoms with Gasteiger partial charge in [-0.2, -0.15) is 0 Å². The van der Waals surface area contributed by atoms with E-state index < -0.39 is 6.10 Å². The van der Waals surface area contributed by atoms with Crippen molar-refractivity contribution in [3.63, 3.8) is 0 Å². The number of aryl methyl sites for hydroxylation is 2. The molecule has 1 unspecified atom stereocenters. The number of phenols is 1. The number of aliphatic hydroxyl groups is 1. The van der Waals surface area contributed by atoms with E-state index in [2.05, 4.69) is 12.1 Å². The number of phenolic OH excluding ortho intramolecular Hbond substituents is 1. The molecular weight excluding hydrogens is 302 g/mol. The predicted octanol–water partition coefficient (Wildman–Crippen LogP) is 3.02. The van der Waals surface area contributed by atoms with E-state index in [9.17, 15) is 15.0 Å². The molecule has 0 radical (unpaired) electrons. The van der Waals surface area contributed by atoms with Gasteiger partial charge in [0.25, 0.3) is 5.91 Å². The van der Waals surface area contributed by atoms with Crippen LogP contribution in [0.4, 0.5) is 0 Å². The molecule has 2 aromatic rings. The lowest BCUT2D eigenvalue weighted by atomic mass is 10.0. The first-order valence-electron chi connectivity index (χ1n) is 8.26. The number of aliphatic hydroxyl groups excluding tert-OH is 1. The van der Waals surface area contributed by atoms with Crippen LogP contribution >= 0.6 is 0 Å². The van der Waals surface area contributed by atoms with Gasteiger partial charge in [0.05, 0.1) is 11.7 Å². The summed E-state index contributed by atoms with van der Waals surface area (Å²) in [5, 5.41) is 19.4. The van der Waals surface area contributed by atoms with Crippen LogP contribution in [0.3, 0.4) is 0 Å². The highest BCUT2D eigenvalue weighted by Gasteiger charge is 2.16. The van der Waals surface area contributed by atoms with Gasteiger partial charge in [-0.3, -0.25) is 4.79 Å². The number of aromatic hydroxyl groups is 1. The summed E-state index contributed by atoms with van der Waals surface area (Å²) in [7, 11) is 1.68. The summed E-state index contributed by atoms with van der Waals surface area (Å²) in [6.07, 6.45) is 1.75. The zero-order valence-electron chi connectivity index (χ0n) is 14.3. The van der Waals surface area contributed by atoms with Gasteiger partial charge < -0.3 is 15.1 Å². The molecular formula is C20H25NO3. The highest BCUT2D eigenvalue weighted by atomic mass is 16.3. The molecule has 4 nitrogen and oxygen atoms in total. The van der Waals surface area contributed by atoms with Crippen LogP contribution in [0.5, 0.6) is 5.75 Å². The summed E-state index contributed by atoms with van der Waals surface area (Å²) in [4.78, 5) is 14.0. The molecule has 0 spiro atoms. The monoisotopic (exact) mass is 327 g/mol. The molecule has 1 amide bonds. The summed E-state index contributed by atoms with van der Waals surface area (Å²) in [5.74, 6) is -0.234. The van der Waals surface area contributed by atoms with E-state index in [0.717, 1.165) is 18.4 Å². The standard InChI is InChI=1S/C20H25NO3/c1-15(22)12-13-21(2)20(24)18-14-17(10-11-19(18)23)9-8-16-6-4-3-5-7-16/h3-7,10-11,14-15,22-23H,8-9,12-13H2,1-2H3. The van der Waals surface area contributed by atoms with Gasteiger partial charge in [-0.1, -0.05) is 36.4 Å². The summed E-state index contributed by atoms with van der Waals surface area (Å²) in [6, 6.07) is 15.4. The Labute approximate surface area is 143 Å². The summed E-state index contributed by atoms with van der Waals surface area (Å²) in [6.45, 7) is 2.14. The second-order valence-corrected chi connectivity index (χ2v) is 6.20. The maximum Gasteiger partial charge on any atom is 0.257 e. The van der Waals surface area contributed by atoms with E-state index >= 15 is 0 Å². The van der Waals surface area contributed by atoms with Crippen LogP contribution in [0.2, 0.25) is 0 Å². The number of hydrogen-bond donors (Lipinski definition) is 2. The number of benzene rings is 2. The Kier molecular flexibility index (Phi) is 6.38. The van der Waals surface area contributed by atoms with E-state index in [4.69, 9.17) is 0 Å². The fraction of sp³-hybridized carbons (Fsp3) is 0.350. The number of rotatable bonds is 7. The Morgan fingerprint density at radius 1 is 1.08 bits per heavy atom. The Hall–Kier alpha value is -2.33. The maximum atomic E-state index is 12.5. The largest absolute Gasteiger partial charge is 0.507 e. The molecule has 0 aliphatic carbocycles. The van der Waals surface area contributed by atoms with Crippen LogP contribution in [0, 0.1) is 0 Å². The van der Waals surface area contributed by atoms with Crippen molar-refractivity contribution in [2.75, 3.05) is 13.6 Å². The molecule has 0 aromatic heterocycles. The summed E-state index contributed by atoms with van der Waals surface area (Å²) >= 11 is 0. The van der Waals surface area contributed by atoms with Crippen LogP contribution < -0.4 is 0 Å². The second-order valence-electron chi connectivity index (χ2n) is 6.20. The van der Waals surface area contributed by atoms with Gasteiger partial charge in [-0.05, 0) is 49.4 Å². The number of amides is 1. The SMILES string of the molecule is CC(O)CCN(C)C(=O)c1cc(CCc2ccccc2)ccc1O. The normalized spacial score (nSPS) is 12.0. The lowest BCUT2D eigenvalue weighted by Gasteiger charge is -2.19. The fourth-order valence-corrected chi connectivity index (χ4v) is 2.53. The molecule has 0 aliphatic heterocycles. The number of hydrogen-bond acceptors (Lipinski definition) is 3. The molecule has 0 heterocycles. The highest BCUT2D eigenvalue weighted by molar-refractivity contribution is 5.96. The van der Waals surface area contributed by atoms with E-state index in [1.807, 2.05) is 24.3 Å². The number of nitrogens with zero attached hydrogens (tertiary/aromatic N) is 1. The zero-order chi connectivity index (χ0) is 17.5. The molecule has 4 heteroatoms. The van der Waals surface area contributed by atoms with Gasteiger partial charge in [0.15, 0.2) is 0 Å². The van der Waals surface area contributed by atoms with Gasteiger partial charge in [0.2, 0.25) is 0 Å². The second kappa shape index (κ2) is 8.50. The van der Waals surface area contributed by atoms with E-state index in [1.54, 1.807) is 26.1 Å². The third kappa shape index (κ3) is 5.10. The highest BCUT2D eigenvalue weighted by Crippen LogP contribution is 2.21. The Balaban J connectivity index is 2.06. The van der Waals surface area contributed by atoms with E-state index in [-0.39, 0.29) is 11.7 Å². The van der Waals surface area contributed by atoms with Crippen molar-refractivity contribution in [3.05, 3.63) is 65.2 Å². The quantitative estimate of drug-likeness (QED) is 0.822. The smallest absolute Gasteiger partial charge is 0.257 e. The molecule has 0 saturated heterocycles. The van der Waals surface area contributed by atoms with Crippen molar-refractivity contribution >= 4 is 5.91 Å². The van der Waals surface area contributed by atoms with Gasteiger partial charge >= 0.3 is 0 Å². The Bertz CT molecular complexity index is 668. The van der Waals surface area contributed by atoms with Crippen molar-refractivity contribution in [2.24, 2.45) is 0 Å². The van der Waals surface area contributed by atoms with Gasteiger partial charge in [0, 0.05) is 13.6 Å². The molecule has 0 bridgehead atoms. The molecule has 2 aromatic carbocycles. The van der Waals surface area contributed by atoms with Gasteiger partial charge in [-0.25, -0.2) is 0 Å². The van der Waals surface area contributed by atoms with Gasteiger partial charge in [-0.15, -0.1) is 0 Å². The van der Waals surface area contributed by atoms with Crippen LogP contribution in [-0.2, 0) is 12.8 Å². The van der Waals surface area contributed by atoms with Crippen LogP contribution in [0.15, 0.2) is 48.5 Å². The molecule has 1 atom stereocenters. The van der Waals surface area contributed by atoms with Crippen LogP contribution in [-0.4, -0.2) is 40.7 Å². The minimum atomic E-state index is -0.453. The van der Waals surface area contributed by atoms with Crippen LogP contribution in [0.25, 0.3) is 0 Å². The first-order chi connectivity index (χ1) is 11.5. The van der Waals surface area contributed by atoms with Crippen LogP contribution in [0.1, 0.15) is 34.8 Å². The van der Waals surface area contributed by atoms with E-state index in [1.165, 1.54) is 10.5 Å². The number of carbonyl (C=O) groups excluding carboxylic acids is 1. The minimum Gasteiger partial charge on any atom is -0.507 e. The summed E-state index contributed by atoms with van der Waals surface area (Å²) < 4.78 is 0. The molecule has 0 saturated carbocycles. The Morgan fingerprint density at radius 3 is 2.42 bits per heavy atom. The fourth-order valence-electron chi connectivity index (χ4n) is 2.53. The molecule has 128 valence electrons. The number of carbonyl (C=O) groups is 1. The average molecular weight is 327 g/mol. The molecule has 24 heavy (non-hydrogen) atoms. The Morgan fingerprint density at radius 2 is 1.75 bits per heavy atom. The predicted molar refractivity (Wildman–Crippen MR) is 95.2 cm³/mol. The molecule has 2 rings (SSSR count). The summed E-state index contributed by atoms with van der Waals surface area (Å²) in [5.41, 5.74) is 2.57. The first-order valence-corrected chi connectivity index (χ1v) is 8.26. The lowest BCUT2D eigenvalue weighted by molar-refractivity contribution is 0.0766. The van der Waals surface area contributed by atoms with Crippen molar-refractivity contribution in [3.8, 4) is 5.75 Å². The van der Waals surface area contributed by atoms with Gasteiger partial charge in [0.1, 0.15) is 5.75 Å². The minimum absolute atomic E-state index is 0.00708. The maximum absolute atomic E-state index is 12.5. The topological polar surface area (TPSA) is 60.8 Å². The molecule has 2 N–H and O–H groups in total. The van der Waals surface area contributed by atoms with Crippen molar-refractivity contribution < 1.29 is 15.0 Å².